The van der Waals surface area contributed by atoms with Gasteiger partial charge in [0, 0.05) is 5.56 Å². The van der Waals surface area contributed by atoms with Crippen LogP contribution in [0.15, 0.2) is 72.4 Å². The topological polar surface area (TPSA) is 47.8 Å². The molecule has 0 aliphatic heterocycles. The van der Waals surface area contributed by atoms with Gasteiger partial charge in [-0.1, -0.05) is 48.5 Å². The fourth-order valence-corrected chi connectivity index (χ4v) is 2.13. The standard InChI is InChI=1S/C18H15N3O/c1-14(18(22)15-8-4-2-5-9-15)12-16-13-19-21(20-16)17-10-6-3-7-11-17/h2-13H,1H3/b14-12+. The second-order valence-electron chi connectivity index (χ2n) is 4.92. The van der Waals surface area contributed by atoms with E-state index in [4.69, 9.17) is 0 Å². The molecule has 0 fully saturated rings. The molecular weight excluding hydrogens is 274 g/mol. The minimum absolute atomic E-state index is 0.00476. The smallest absolute Gasteiger partial charge is 0.188 e. The summed E-state index contributed by atoms with van der Waals surface area (Å²) in [5.41, 5.74) is 2.85. The van der Waals surface area contributed by atoms with E-state index >= 15 is 0 Å². The second-order valence-corrected chi connectivity index (χ2v) is 4.92. The molecule has 0 N–H and O–H groups in total. The molecule has 0 bridgehead atoms. The molecule has 0 radical (unpaired) electrons. The van der Waals surface area contributed by atoms with Crippen LogP contribution in [0.3, 0.4) is 0 Å². The van der Waals surface area contributed by atoms with E-state index in [0.29, 0.717) is 16.8 Å². The molecule has 4 nitrogen and oxygen atoms in total. The van der Waals surface area contributed by atoms with E-state index < -0.39 is 0 Å². The van der Waals surface area contributed by atoms with Gasteiger partial charge in [-0.3, -0.25) is 4.79 Å². The lowest BCUT2D eigenvalue weighted by Gasteiger charge is -2.00. The highest BCUT2D eigenvalue weighted by Crippen LogP contribution is 2.12. The molecule has 0 aliphatic carbocycles. The number of carbonyl (C=O) groups is 1. The van der Waals surface area contributed by atoms with Gasteiger partial charge in [-0.05, 0) is 30.7 Å². The van der Waals surface area contributed by atoms with Crippen LogP contribution in [0.5, 0.6) is 0 Å². The molecule has 0 amide bonds. The van der Waals surface area contributed by atoms with Crippen molar-refractivity contribution in [2.75, 3.05) is 0 Å². The van der Waals surface area contributed by atoms with Crippen LogP contribution in [0.4, 0.5) is 0 Å². The van der Waals surface area contributed by atoms with Gasteiger partial charge < -0.3 is 0 Å². The predicted octanol–water partition coefficient (Wildman–Crippen LogP) is 3.55. The average Bonchev–Trinajstić information content (AvgIpc) is 3.04. The van der Waals surface area contributed by atoms with Gasteiger partial charge in [0.25, 0.3) is 0 Å². The van der Waals surface area contributed by atoms with Crippen molar-refractivity contribution in [3.05, 3.63) is 83.7 Å². The van der Waals surface area contributed by atoms with Crippen LogP contribution in [0.25, 0.3) is 11.8 Å². The summed E-state index contributed by atoms with van der Waals surface area (Å²) in [4.78, 5) is 13.9. The first-order valence-corrected chi connectivity index (χ1v) is 7.00. The Bertz CT molecular complexity index is 805. The molecule has 1 aromatic heterocycles. The number of hydrogen-bond donors (Lipinski definition) is 0. The normalized spacial score (nSPS) is 11.4. The Labute approximate surface area is 128 Å². The van der Waals surface area contributed by atoms with Crippen molar-refractivity contribution in [1.29, 1.82) is 0 Å². The third kappa shape index (κ3) is 3.01. The molecule has 0 spiro atoms. The maximum Gasteiger partial charge on any atom is 0.188 e. The van der Waals surface area contributed by atoms with Gasteiger partial charge in [-0.15, -0.1) is 5.10 Å². The van der Waals surface area contributed by atoms with Crippen molar-refractivity contribution < 1.29 is 4.79 Å². The van der Waals surface area contributed by atoms with E-state index in [0.717, 1.165) is 5.69 Å². The molecule has 3 aromatic rings. The molecule has 3 rings (SSSR count). The fourth-order valence-electron chi connectivity index (χ4n) is 2.13. The summed E-state index contributed by atoms with van der Waals surface area (Å²) in [6.07, 6.45) is 3.40. The molecule has 0 saturated heterocycles. The maximum absolute atomic E-state index is 12.3. The van der Waals surface area contributed by atoms with Gasteiger partial charge in [-0.2, -0.15) is 9.90 Å². The predicted molar refractivity (Wildman–Crippen MR) is 85.8 cm³/mol. The Kier molecular flexibility index (Phi) is 3.92. The van der Waals surface area contributed by atoms with E-state index in [1.54, 1.807) is 36.1 Å². The molecule has 4 heteroatoms. The van der Waals surface area contributed by atoms with Gasteiger partial charge in [-0.25, -0.2) is 0 Å². The summed E-state index contributed by atoms with van der Waals surface area (Å²) in [6, 6.07) is 18.9. The number of para-hydroxylation sites is 1. The summed E-state index contributed by atoms with van der Waals surface area (Å²) in [5.74, 6) is -0.00476. The van der Waals surface area contributed by atoms with Crippen LogP contribution in [0, 0.1) is 0 Å². The Morgan fingerprint density at radius 2 is 1.64 bits per heavy atom. The van der Waals surface area contributed by atoms with Gasteiger partial charge in [0.1, 0.15) is 5.69 Å². The Morgan fingerprint density at radius 3 is 2.32 bits per heavy atom. The second kappa shape index (κ2) is 6.18. The molecule has 0 unspecified atom stereocenters. The Balaban J connectivity index is 1.83. The number of allylic oxidation sites excluding steroid dienone is 1. The van der Waals surface area contributed by atoms with Crippen LogP contribution in [-0.2, 0) is 0 Å². The number of benzene rings is 2. The first-order chi connectivity index (χ1) is 10.7. The monoisotopic (exact) mass is 289 g/mol. The molecule has 1 heterocycles. The summed E-state index contributed by atoms with van der Waals surface area (Å²) >= 11 is 0. The number of carbonyl (C=O) groups excluding carboxylic acids is 1. The van der Waals surface area contributed by atoms with Crippen LogP contribution in [0.1, 0.15) is 23.0 Å². The zero-order valence-corrected chi connectivity index (χ0v) is 12.2. The number of hydrogen-bond acceptors (Lipinski definition) is 3. The van der Waals surface area contributed by atoms with Crippen LogP contribution in [-0.4, -0.2) is 20.8 Å². The average molecular weight is 289 g/mol. The van der Waals surface area contributed by atoms with E-state index in [1.807, 2.05) is 48.5 Å². The van der Waals surface area contributed by atoms with Crippen molar-refractivity contribution in [1.82, 2.24) is 15.0 Å². The summed E-state index contributed by atoms with van der Waals surface area (Å²) in [6.45, 7) is 1.79. The minimum Gasteiger partial charge on any atom is -0.289 e. The van der Waals surface area contributed by atoms with Gasteiger partial charge in [0.05, 0.1) is 11.9 Å². The fraction of sp³-hybridized carbons (Fsp3) is 0.0556. The molecule has 0 saturated carbocycles. The van der Waals surface area contributed by atoms with Crippen molar-refractivity contribution in [3.8, 4) is 5.69 Å². The number of nitrogens with zero attached hydrogens (tertiary/aromatic N) is 3. The van der Waals surface area contributed by atoms with Crippen molar-refractivity contribution in [2.24, 2.45) is 0 Å². The highest BCUT2D eigenvalue weighted by atomic mass is 16.1. The maximum atomic E-state index is 12.3. The molecular formula is C18H15N3O. The van der Waals surface area contributed by atoms with Crippen molar-refractivity contribution in [2.45, 2.75) is 6.92 Å². The summed E-state index contributed by atoms with van der Waals surface area (Å²) in [5, 5.41) is 8.59. The van der Waals surface area contributed by atoms with E-state index in [-0.39, 0.29) is 5.78 Å². The molecule has 22 heavy (non-hydrogen) atoms. The number of aromatic nitrogens is 3. The van der Waals surface area contributed by atoms with E-state index in [1.165, 1.54) is 0 Å². The Morgan fingerprint density at radius 1 is 1.00 bits per heavy atom. The van der Waals surface area contributed by atoms with Gasteiger partial charge in [0.15, 0.2) is 5.78 Å². The zero-order chi connectivity index (χ0) is 15.4. The summed E-state index contributed by atoms with van der Waals surface area (Å²) in [7, 11) is 0. The summed E-state index contributed by atoms with van der Waals surface area (Å²) < 4.78 is 0. The molecule has 0 aliphatic rings. The van der Waals surface area contributed by atoms with E-state index in [9.17, 15) is 4.79 Å². The first kappa shape index (κ1) is 13.9. The highest BCUT2D eigenvalue weighted by molar-refractivity contribution is 6.10. The quantitative estimate of drug-likeness (QED) is 0.545. The van der Waals surface area contributed by atoms with Crippen LogP contribution >= 0.6 is 0 Å². The largest absolute Gasteiger partial charge is 0.289 e. The zero-order valence-electron chi connectivity index (χ0n) is 12.2. The molecule has 2 aromatic carbocycles. The number of rotatable bonds is 4. The number of Topliss-reactive ketones (excluding diaryl/α,β-unsaturated/α-hetero) is 1. The lowest BCUT2D eigenvalue weighted by molar-refractivity contribution is 0.103. The van der Waals surface area contributed by atoms with E-state index in [2.05, 4.69) is 10.2 Å². The van der Waals surface area contributed by atoms with Gasteiger partial charge in [0.2, 0.25) is 0 Å². The first-order valence-electron chi connectivity index (χ1n) is 7.00. The minimum atomic E-state index is -0.00476. The SMILES string of the molecule is C/C(=C\c1cnn(-c2ccccc2)n1)C(=O)c1ccccc1. The number of ketones is 1. The molecule has 0 atom stereocenters. The highest BCUT2D eigenvalue weighted by Gasteiger charge is 2.08. The lowest BCUT2D eigenvalue weighted by Crippen LogP contribution is -2.00. The van der Waals surface area contributed by atoms with Crippen molar-refractivity contribution >= 4 is 11.9 Å². The van der Waals surface area contributed by atoms with Crippen molar-refractivity contribution in [3.63, 3.8) is 0 Å². The van der Waals surface area contributed by atoms with Crippen LogP contribution < -0.4 is 0 Å². The third-order valence-corrected chi connectivity index (χ3v) is 3.26. The molecule has 108 valence electrons. The van der Waals surface area contributed by atoms with Gasteiger partial charge >= 0.3 is 0 Å². The lowest BCUT2D eigenvalue weighted by atomic mass is 10.0. The Hall–Kier alpha value is -3.01. The van der Waals surface area contributed by atoms with Crippen LogP contribution in [0.2, 0.25) is 0 Å². The third-order valence-electron chi connectivity index (χ3n) is 3.26.